The number of rotatable bonds is 5. The van der Waals surface area contributed by atoms with Crippen LogP contribution in [0.25, 0.3) is 0 Å². The molecule has 1 saturated heterocycles. The van der Waals surface area contributed by atoms with Gasteiger partial charge in [-0.3, -0.25) is 0 Å². The molecule has 2 saturated carbocycles. The van der Waals surface area contributed by atoms with Gasteiger partial charge in [-0.05, 0) is 42.6 Å². The summed E-state index contributed by atoms with van der Waals surface area (Å²) in [5.41, 5.74) is 1.36. The summed E-state index contributed by atoms with van der Waals surface area (Å²) >= 11 is 0. The van der Waals surface area contributed by atoms with Crippen molar-refractivity contribution in [3.8, 4) is 0 Å². The molecule has 3 unspecified atom stereocenters. The lowest BCUT2D eigenvalue weighted by Gasteiger charge is -2.40. The van der Waals surface area contributed by atoms with Gasteiger partial charge in [0.2, 0.25) is 0 Å². The molecule has 1 amide bonds. The van der Waals surface area contributed by atoms with Gasteiger partial charge in [0.05, 0.1) is 6.10 Å². The average Bonchev–Trinajstić information content (AvgIpc) is 3.18. The third kappa shape index (κ3) is 2.47. The fourth-order valence-electron chi connectivity index (χ4n) is 5.73. The number of fused-ring (bicyclic) bond motifs is 1. The van der Waals surface area contributed by atoms with Crippen molar-refractivity contribution in [1.82, 2.24) is 5.01 Å². The van der Waals surface area contributed by atoms with Crippen LogP contribution in [0.3, 0.4) is 0 Å². The number of hydrazone groups is 1. The smallest absolute Gasteiger partial charge is 0.431 e. The summed E-state index contributed by atoms with van der Waals surface area (Å²) in [6.45, 7) is 8.51. The third-order valence-corrected chi connectivity index (χ3v) is 7.57. The van der Waals surface area contributed by atoms with E-state index in [9.17, 15) is 9.90 Å². The van der Waals surface area contributed by atoms with E-state index in [1.165, 1.54) is 0 Å². The maximum atomic E-state index is 12.7. The van der Waals surface area contributed by atoms with E-state index in [1.807, 2.05) is 44.2 Å². The Hall–Kier alpha value is -1.88. The lowest BCUT2D eigenvalue weighted by molar-refractivity contribution is 0.0559. The topological polar surface area (TPSA) is 62.1 Å². The van der Waals surface area contributed by atoms with Gasteiger partial charge < -0.3 is 9.84 Å². The van der Waals surface area contributed by atoms with Crippen LogP contribution in [-0.2, 0) is 4.74 Å². The molecule has 4 rings (SSSR count). The van der Waals surface area contributed by atoms with Crippen molar-refractivity contribution in [3.63, 3.8) is 0 Å². The van der Waals surface area contributed by atoms with Crippen molar-refractivity contribution in [2.24, 2.45) is 22.4 Å². The maximum Gasteiger partial charge on any atom is 0.431 e. The number of hydrogen-bond acceptors (Lipinski definition) is 4. The molecule has 1 aromatic rings. The Labute approximate surface area is 161 Å². The van der Waals surface area contributed by atoms with Crippen LogP contribution in [0.2, 0.25) is 0 Å². The first-order valence-corrected chi connectivity index (χ1v) is 10.1. The molecule has 0 radical (unpaired) electrons. The second kappa shape index (κ2) is 6.33. The van der Waals surface area contributed by atoms with Crippen molar-refractivity contribution in [3.05, 3.63) is 35.9 Å². The Kier molecular flexibility index (Phi) is 4.34. The predicted octanol–water partition coefficient (Wildman–Crippen LogP) is 4.52. The van der Waals surface area contributed by atoms with Gasteiger partial charge in [-0.2, -0.15) is 10.1 Å². The molecular weight excluding hydrogens is 340 g/mol. The molecule has 2 bridgehead atoms. The zero-order chi connectivity index (χ0) is 19.4. The van der Waals surface area contributed by atoms with Crippen molar-refractivity contribution in [2.75, 3.05) is 0 Å². The van der Waals surface area contributed by atoms with Gasteiger partial charge in [0, 0.05) is 11.6 Å². The summed E-state index contributed by atoms with van der Waals surface area (Å²) in [4.78, 5) is 12.7. The molecule has 1 N–H and O–H groups in total. The number of benzene rings is 1. The number of aliphatic hydroxyl groups is 1. The summed E-state index contributed by atoms with van der Waals surface area (Å²) in [6.07, 6.45) is 2.64. The highest BCUT2D eigenvalue weighted by atomic mass is 16.6. The minimum Gasteiger partial charge on any atom is -0.442 e. The third-order valence-electron chi connectivity index (χ3n) is 7.57. The van der Waals surface area contributed by atoms with Crippen molar-refractivity contribution in [2.45, 2.75) is 71.1 Å². The molecule has 27 heavy (non-hydrogen) atoms. The molecule has 2 aliphatic carbocycles. The van der Waals surface area contributed by atoms with Crippen LogP contribution in [0.5, 0.6) is 0 Å². The Morgan fingerprint density at radius 2 is 2.07 bits per heavy atom. The van der Waals surface area contributed by atoms with Crippen LogP contribution >= 0.6 is 0 Å². The lowest BCUT2D eigenvalue weighted by atomic mass is 9.75. The second-order valence-electron chi connectivity index (χ2n) is 8.89. The Morgan fingerprint density at radius 3 is 2.70 bits per heavy atom. The highest BCUT2D eigenvalue weighted by molar-refractivity contribution is 5.88. The minimum atomic E-state index is -0.648. The molecule has 5 nitrogen and oxygen atoms in total. The average molecular weight is 370 g/mol. The molecule has 5 heteroatoms. The normalized spacial score (nSPS) is 33.7. The number of amides is 1. The fourth-order valence-corrected chi connectivity index (χ4v) is 5.73. The first-order valence-electron chi connectivity index (χ1n) is 10.1. The van der Waals surface area contributed by atoms with E-state index in [2.05, 4.69) is 13.8 Å². The second-order valence-corrected chi connectivity index (χ2v) is 8.89. The maximum absolute atomic E-state index is 12.7. The predicted molar refractivity (Wildman–Crippen MR) is 104 cm³/mol. The van der Waals surface area contributed by atoms with E-state index in [1.54, 1.807) is 5.01 Å². The summed E-state index contributed by atoms with van der Waals surface area (Å²) in [5.74, 6) is 0.396. The highest BCUT2D eigenvalue weighted by Crippen LogP contribution is 2.66. The summed E-state index contributed by atoms with van der Waals surface area (Å²) < 4.78 is 5.75. The Bertz CT molecular complexity index is 760. The summed E-state index contributed by atoms with van der Waals surface area (Å²) in [5, 5.41) is 17.3. The number of nitrogens with zero attached hydrogens (tertiary/aromatic N) is 2. The number of carbonyl (C=O) groups excluding carboxylic acids is 1. The van der Waals surface area contributed by atoms with Crippen LogP contribution < -0.4 is 0 Å². The first kappa shape index (κ1) is 18.5. The van der Waals surface area contributed by atoms with Gasteiger partial charge in [0.25, 0.3) is 0 Å². The van der Waals surface area contributed by atoms with Crippen molar-refractivity contribution in [1.29, 1.82) is 0 Å². The zero-order valence-electron chi connectivity index (χ0n) is 16.7. The van der Waals surface area contributed by atoms with E-state index in [4.69, 9.17) is 9.84 Å². The monoisotopic (exact) mass is 370 g/mol. The van der Waals surface area contributed by atoms with Crippen LogP contribution in [-0.4, -0.2) is 33.6 Å². The number of carbonyl (C=O) groups is 1. The van der Waals surface area contributed by atoms with Crippen LogP contribution in [0, 0.1) is 17.3 Å². The molecular formula is C22H30N2O3. The Morgan fingerprint density at radius 1 is 1.37 bits per heavy atom. The van der Waals surface area contributed by atoms with Crippen molar-refractivity contribution >= 4 is 11.8 Å². The number of hydrogen-bond donors (Lipinski definition) is 1. The van der Waals surface area contributed by atoms with Crippen LogP contribution in [0.4, 0.5) is 4.79 Å². The van der Waals surface area contributed by atoms with Gasteiger partial charge in [-0.25, -0.2) is 4.79 Å². The van der Waals surface area contributed by atoms with Gasteiger partial charge in [-0.1, -0.05) is 58.0 Å². The van der Waals surface area contributed by atoms with Gasteiger partial charge in [0.1, 0.15) is 11.6 Å². The summed E-state index contributed by atoms with van der Waals surface area (Å²) in [7, 11) is 0. The van der Waals surface area contributed by atoms with E-state index in [0.29, 0.717) is 12.3 Å². The van der Waals surface area contributed by atoms with Gasteiger partial charge >= 0.3 is 6.09 Å². The molecule has 1 aromatic carbocycles. The minimum absolute atomic E-state index is 0.00649. The highest BCUT2D eigenvalue weighted by Gasteiger charge is 2.73. The number of aliphatic hydroxyl groups excluding tert-OH is 1. The van der Waals surface area contributed by atoms with E-state index < -0.39 is 6.10 Å². The van der Waals surface area contributed by atoms with Gasteiger partial charge in [-0.15, -0.1) is 0 Å². The van der Waals surface area contributed by atoms with E-state index in [0.717, 1.165) is 30.5 Å². The largest absolute Gasteiger partial charge is 0.442 e. The van der Waals surface area contributed by atoms with E-state index >= 15 is 0 Å². The molecule has 1 spiro atoms. The van der Waals surface area contributed by atoms with Crippen molar-refractivity contribution < 1.29 is 14.6 Å². The molecule has 0 aromatic heterocycles. The molecule has 3 aliphatic rings. The summed E-state index contributed by atoms with van der Waals surface area (Å²) in [6, 6.07) is 9.64. The van der Waals surface area contributed by atoms with Crippen LogP contribution in [0.1, 0.15) is 65.0 Å². The van der Waals surface area contributed by atoms with E-state index in [-0.39, 0.29) is 29.1 Å². The first-order chi connectivity index (χ1) is 12.8. The SMILES string of the molecule is CC/C(=N\N1C(=O)OC2CC3CCC21C3(C)C)[C@@H](C)[C@H](O)c1ccccc1. The number of ether oxygens (including phenoxy) is 1. The lowest BCUT2D eigenvalue weighted by Crippen LogP contribution is -2.53. The zero-order valence-corrected chi connectivity index (χ0v) is 16.7. The molecule has 3 fully saturated rings. The standard InChI is InChI=1S/C22H30N2O3/c1-5-17(14(2)19(25)15-9-7-6-8-10-15)23-24-20(26)27-18-13-16-11-12-22(18,24)21(16,3)4/h6-10,14,16,18-19,25H,5,11-13H2,1-4H3/b23-17+/t14-,16?,18?,19+,22?/m1/s1. The molecule has 146 valence electrons. The van der Waals surface area contributed by atoms with Crippen LogP contribution in [0.15, 0.2) is 35.4 Å². The van der Waals surface area contributed by atoms with Gasteiger partial charge in [0.15, 0.2) is 0 Å². The molecule has 5 atom stereocenters. The molecule has 1 heterocycles. The Balaban J connectivity index is 1.67. The quantitative estimate of drug-likeness (QED) is 0.775. The fraction of sp³-hybridized carbons (Fsp3) is 0.636. The molecule has 1 aliphatic heterocycles.